The van der Waals surface area contributed by atoms with Crippen LogP contribution in [-0.2, 0) is 6.54 Å². The number of thiazole rings is 1. The number of thiophene rings is 1. The van der Waals surface area contributed by atoms with Crippen LogP contribution in [0.3, 0.4) is 0 Å². The number of nitrogens with one attached hydrogen (secondary N) is 1. The van der Waals surface area contributed by atoms with Crippen LogP contribution in [0.15, 0.2) is 29.9 Å². The monoisotopic (exact) mass is 367 g/mol. The Hall–Kier alpha value is -2.38. The van der Waals surface area contributed by atoms with Gasteiger partial charge in [-0.25, -0.2) is 15.0 Å². The maximum Gasteiger partial charge on any atom is 0.164 e. The molecule has 0 aromatic carbocycles. The van der Waals surface area contributed by atoms with E-state index >= 15 is 0 Å². The van der Waals surface area contributed by atoms with Crippen molar-refractivity contribution < 1.29 is 0 Å². The number of nitrogens with zero attached hydrogens (tertiary/aromatic N) is 4. The van der Waals surface area contributed by atoms with Gasteiger partial charge in [0, 0.05) is 33.9 Å². The van der Waals surface area contributed by atoms with Crippen molar-refractivity contribution in [2.45, 2.75) is 27.3 Å². The van der Waals surface area contributed by atoms with Gasteiger partial charge >= 0.3 is 0 Å². The zero-order valence-electron chi connectivity index (χ0n) is 14.2. The number of aryl methyl sites for hydroxylation is 3. The molecule has 4 rings (SSSR count). The molecule has 0 amide bonds. The van der Waals surface area contributed by atoms with Gasteiger partial charge in [0.15, 0.2) is 5.82 Å². The summed E-state index contributed by atoms with van der Waals surface area (Å²) in [4.78, 5) is 20.5. The highest BCUT2D eigenvalue weighted by Crippen LogP contribution is 2.35. The third-order valence-corrected chi connectivity index (χ3v) is 6.09. The van der Waals surface area contributed by atoms with E-state index in [1.165, 1.54) is 10.4 Å². The molecular weight excluding hydrogens is 350 g/mol. The maximum atomic E-state index is 4.79. The van der Waals surface area contributed by atoms with Crippen LogP contribution in [-0.4, -0.2) is 19.9 Å². The molecule has 4 aromatic heterocycles. The number of fused-ring (bicyclic) bond motifs is 1. The lowest BCUT2D eigenvalue weighted by molar-refractivity contribution is 1.06. The predicted molar refractivity (Wildman–Crippen MR) is 104 cm³/mol. The van der Waals surface area contributed by atoms with Gasteiger partial charge in [-0.1, -0.05) is 0 Å². The highest BCUT2D eigenvalue weighted by Gasteiger charge is 2.15. The van der Waals surface area contributed by atoms with Crippen molar-refractivity contribution in [1.82, 2.24) is 19.9 Å². The van der Waals surface area contributed by atoms with Crippen molar-refractivity contribution in [3.05, 3.63) is 51.0 Å². The molecule has 5 nitrogen and oxygen atoms in total. The van der Waals surface area contributed by atoms with Crippen LogP contribution in [0.4, 0.5) is 5.82 Å². The van der Waals surface area contributed by atoms with Crippen LogP contribution in [0, 0.1) is 20.8 Å². The molecule has 0 fully saturated rings. The molecule has 0 unspecified atom stereocenters. The van der Waals surface area contributed by atoms with E-state index in [1.54, 1.807) is 35.1 Å². The molecule has 0 radical (unpaired) electrons. The molecule has 0 atom stereocenters. The van der Waals surface area contributed by atoms with Crippen molar-refractivity contribution >= 4 is 38.7 Å². The Morgan fingerprint density at radius 3 is 2.72 bits per heavy atom. The summed E-state index contributed by atoms with van der Waals surface area (Å²) in [6.07, 6.45) is 3.55. The van der Waals surface area contributed by atoms with E-state index in [9.17, 15) is 0 Å². The van der Waals surface area contributed by atoms with Crippen LogP contribution in [0.2, 0.25) is 0 Å². The third kappa shape index (κ3) is 3.12. The molecular formula is C18H17N5S2. The molecule has 1 N–H and O–H groups in total. The van der Waals surface area contributed by atoms with E-state index in [1.807, 2.05) is 19.1 Å². The molecule has 4 aromatic rings. The molecule has 0 bridgehead atoms. The molecule has 0 aliphatic carbocycles. The second-order valence-electron chi connectivity index (χ2n) is 5.84. The highest BCUT2D eigenvalue weighted by atomic mass is 32.1. The van der Waals surface area contributed by atoms with E-state index in [0.29, 0.717) is 12.4 Å². The number of aromatic nitrogens is 4. The smallest absolute Gasteiger partial charge is 0.164 e. The van der Waals surface area contributed by atoms with Gasteiger partial charge in [0.25, 0.3) is 0 Å². The Labute approximate surface area is 153 Å². The average Bonchev–Trinajstić information content (AvgIpc) is 3.17. The SMILES string of the molecule is Cc1csc(CNc2nc(-c3cccnc3)nc3sc(C)c(C)c23)n1. The summed E-state index contributed by atoms with van der Waals surface area (Å²) in [5.74, 6) is 1.55. The summed E-state index contributed by atoms with van der Waals surface area (Å²) in [7, 11) is 0. The first kappa shape index (κ1) is 16.1. The van der Waals surface area contributed by atoms with E-state index in [-0.39, 0.29) is 0 Å². The van der Waals surface area contributed by atoms with Gasteiger partial charge < -0.3 is 5.32 Å². The van der Waals surface area contributed by atoms with Crippen molar-refractivity contribution in [3.8, 4) is 11.4 Å². The largest absolute Gasteiger partial charge is 0.363 e. The molecule has 126 valence electrons. The zero-order chi connectivity index (χ0) is 17.4. The van der Waals surface area contributed by atoms with Crippen LogP contribution in [0.25, 0.3) is 21.6 Å². The Morgan fingerprint density at radius 2 is 2.00 bits per heavy atom. The number of rotatable bonds is 4. The fraction of sp³-hybridized carbons (Fsp3) is 0.222. The average molecular weight is 368 g/mol. The summed E-state index contributed by atoms with van der Waals surface area (Å²) in [6.45, 7) is 6.92. The molecule has 7 heteroatoms. The molecule has 0 saturated heterocycles. The first-order valence-electron chi connectivity index (χ1n) is 7.95. The first-order chi connectivity index (χ1) is 12.1. The summed E-state index contributed by atoms with van der Waals surface area (Å²) in [6, 6.07) is 3.88. The van der Waals surface area contributed by atoms with E-state index in [2.05, 4.69) is 34.5 Å². The van der Waals surface area contributed by atoms with Gasteiger partial charge in [0.1, 0.15) is 15.7 Å². The van der Waals surface area contributed by atoms with Gasteiger partial charge in [0.05, 0.1) is 11.9 Å². The normalized spacial score (nSPS) is 11.2. The van der Waals surface area contributed by atoms with Crippen molar-refractivity contribution in [3.63, 3.8) is 0 Å². The molecule has 0 saturated carbocycles. The number of hydrogen-bond acceptors (Lipinski definition) is 7. The quantitative estimate of drug-likeness (QED) is 0.564. The lowest BCUT2D eigenvalue weighted by Crippen LogP contribution is -2.04. The van der Waals surface area contributed by atoms with Crippen LogP contribution >= 0.6 is 22.7 Å². The van der Waals surface area contributed by atoms with E-state index in [4.69, 9.17) is 9.97 Å². The minimum atomic E-state index is 0.658. The Bertz CT molecular complexity index is 1040. The van der Waals surface area contributed by atoms with Gasteiger partial charge in [-0.05, 0) is 38.5 Å². The summed E-state index contributed by atoms with van der Waals surface area (Å²) in [5.41, 5.74) is 3.20. The Morgan fingerprint density at radius 1 is 1.12 bits per heavy atom. The van der Waals surface area contributed by atoms with E-state index < -0.39 is 0 Å². The second-order valence-corrected chi connectivity index (χ2v) is 7.98. The van der Waals surface area contributed by atoms with Crippen LogP contribution < -0.4 is 5.32 Å². The molecule has 0 spiro atoms. The number of hydrogen-bond donors (Lipinski definition) is 1. The van der Waals surface area contributed by atoms with Crippen molar-refractivity contribution in [2.75, 3.05) is 5.32 Å². The lowest BCUT2D eigenvalue weighted by Gasteiger charge is -2.09. The van der Waals surface area contributed by atoms with Crippen molar-refractivity contribution in [2.24, 2.45) is 0 Å². The van der Waals surface area contributed by atoms with Gasteiger partial charge in [-0.2, -0.15) is 0 Å². The third-order valence-electron chi connectivity index (χ3n) is 4.02. The van der Waals surface area contributed by atoms with Gasteiger partial charge in [-0.3, -0.25) is 4.98 Å². The molecule has 25 heavy (non-hydrogen) atoms. The topological polar surface area (TPSA) is 63.6 Å². The molecule has 0 aliphatic rings. The van der Waals surface area contributed by atoms with Crippen LogP contribution in [0.1, 0.15) is 21.1 Å². The Balaban J connectivity index is 1.79. The summed E-state index contributed by atoms with van der Waals surface area (Å²) >= 11 is 3.36. The highest BCUT2D eigenvalue weighted by molar-refractivity contribution is 7.18. The summed E-state index contributed by atoms with van der Waals surface area (Å²) < 4.78 is 0. The minimum Gasteiger partial charge on any atom is -0.363 e. The van der Waals surface area contributed by atoms with Crippen molar-refractivity contribution in [1.29, 1.82) is 0 Å². The predicted octanol–water partition coefficient (Wildman–Crippen LogP) is 4.75. The zero-order valence-corrected chi connectivity index (χ0v) is 15.8. The second kappa shape index (κ2) is 6.50. The minimum absolute atomic E-state index is 0.658. The molecule has 4 heterocycles. The fourth-order valence-corrected chi connectivity index (χ4v) is 4.39. The number of anilines is 1. The van der Waals surface area contributed by atoms with E-state index in [0.717, 1.165) is 32.3 Å². The lowest BCUT2D eigenvalue weighted by atomic mass is 10.2. The standard InChI is InChI=1S/C18H17N5S2/c1-10-9-24-14(21-10)8-20-17-15-11(2)12(3)25-18(15)23-16(22-17)13-5-4-6-19-7-13/h4-7,9H,8H2,1-3H3,(H,20,22,23). The maximum absolute atomic E-state index is 4.79. The summed E-state index contributed by atoms with van der Waals surface area (Å²) in [5, 5.41) is 7.68. The fourth-order valence-electron chi connectivity index (χ4n) is 2.64. The first-order valence-corrected chi connectivity index (χ1v) is 9.64. The number of pyridine rings is 1. The molecule has 0 aliphatic heterocycles. The van der Waals surface area contributed by atoms with Gasteiger partial charge in [-0.15, -0.1) is 22.7 Å². The Kier molecular flexibility index (Phi) is 4.19. The van der Waals surface area contributed by atoms with Crippen LogP contribution in [0.5, 0.6) is 0 Å². The van der Waals surface area contributed by atoms with Gasteiger partial charge in [0.2, 0.25) is 0 Å².